The quantitative estimate of drug-likeness (QED) is 0.335. The van der Waals surface area contributed by atoms with Crippen molar-refractivity contribution < 1.29 is 28.7 Å². The van der Waals surface area contributed by atoms with Gasteiger partial charge in [-0.2, -0.15) is 0 Å². The molecule has 0 aliphatic carbocycles. The van der Waals surface area contributed by atoms with Crippen LogP contribution in [-0.4, -0.2) is 71.6 Å². The molecule has 236 valence electrons. The number of fused-ring (bicyclic) bond motifs is 2. The minimum Gasteiger partial charge on any atom is -0.469 e. The molecule has 9 nitrogen and oxygen atoms in total. The van der Waals surface area contributed by atoms with Crippen molar-refractivity contribution in [3.63, 3.8) is 0 Å². The first-order chi connectivity index (χ1) is 21.5. The van der Waals surface area contributed by atoms with Gasteiger partial charge in [-0.05, 0) is 61.9 Å². The number of rotatable bonds is 8. The first kappa shape index (κ1) is 31.8. The Morgan fingerprint density at radius 3 is 2.18 bits per heavy atom. The average Bonchev–Trinajstić information content (AvgIpc) is 3.42. The van der Waals surface area contributed by atoms with Crippen LogP contribution in [0.1, 0.15) is 49.4 Å². The first-order valence-electron chi connectivity index (χ1n) is 15.4. The van der Waals surface area contributed by atoms with Gasteiger partial charge in [-0.1, -0.05) is 72.8 Å². The topological polar surface area (TPSA) is 96.5 Å². The van der Waals surface area contributed by atoms with Crippen LogP contribution in [0.25, 0.3) is 0 Å². The number of hydrogen-bond donors (Lipinski definition) is 0. The predicted octanol–water partition coefficient (Wildman–Crippen LogP) is 4.94. The standard InChI is InChI=1S/C36H41N3O6/c1-36(2,3)45-35(43)39-30-17-11-10-15-27(30)21-31(39)34(42)37(19-18-25-12-6-5-7-13-25)24-32(40)38-23-28-16-9-8-14-26(28)20-29(38)22-33(41)44-4/h5-17,29,31H,18-24H2,1-4H3/t29-,31-/m1/s1. The third-order valence-electron chi connectivity index (χ3n) is 8.31. The lowest BCUT2D eigenvalue weighted by molar-refractivity contribution is -0.147. The van der Waals surface area contributed by atoms with E-state index in [1.54, 1.807) is 30.6 Å². The molecule has 0 saturated heterocycles. The molecule has 0 N–H and O–H groups in total. The van der Waals surface area contributed by atoms with E-state index in [0.29, 0.717) is 31.5 Å². The molecule has 2 aliphatic heterocycles. The van der Waals surface area contributed by atoms with Gasteiger partial charge in [0.2, 0.25) is 11.8 Å². The molecule has 0 aromatic heterocycles. The van der Waals surface area contributed by atoms with E-state index in [0.717, 1.165) is 22.3 Å². The number of para-hydroxylation sites is 1. The van der Waals surface area contributed by atoms with Crippen molar-refractivity contribution in [3.05, 3.63) is 101 Å². The number of carbonyl (C=O) groups excluding carboxylic acids is 4. The average molecular weight is 612 g/mol. The van der Waals surface area contributed by atoms with Crippen LogP contribution >= 0.6 is 0 Å². The van der Waals surface area contributed by atoms with Gasteiger partial charge in [0, 0.05) is 25.6 Å². The van der Waals surface area contributed by atoms with Crippen LogP contribution in [0.2, 0.25) is 0 Å². The molecule has 2 heterocycles. The normalized spacial score (nSPS) is 17.2. The lowest BCUT2D eigenvalue weighted by Crippen LogP contribution is -2.55. The van der Waals surface area contributed by atoms with Crippen LogP contribution in [-0.2, 0) is 49.7 Å². The molecular formula is C36H41N3O6. The summed E-state index contributed by atoms with van der Waals surface area (Å²) in [5, 5.41) is 0. The molecule has 0 spiro atoms. The van der Waals surface area contributed by atoms with Gasteiger partial charge in [0.25, 0.3) is 0 Å². The zero-order valence-electron chi connectivity index (χ0n) is 26.4. The van der Waals surface area contributed by atoms with Crippen LogP contribution in [0.15, 0.2) is 78.9 Å². The molecule has 0 radical (unpaired) electrons. The number of benzene rings is 3. The Labute approximate surface area is 264 Å². The number of ether oxygens (including phenoxy) is 2. The summed E-state index contributed by atoms with van der Waals surface area (Å²) in [7, 11) is 1.34. The molecule has 3 amide bonds. The fourth-order valence-electron chi connectivity index (χ4n) is 6.10. The predicted molar refractivity (Wildman–Crippen MR) is 170 cm³/mol. The maximum atomic E-state index is 14.5. The highest BCUT2D eigenvalue weighted by molar-refractivity contribution is 6.01. The summed E-state index contributed by atoms with van der Waals surface area (Å²) >= 11 is 0. The van der Waals surface area contributed by atoms with Crippen molar-refractivity contribution in [1.82, 2.24) is 9.80 Å². The van der Waals surface area contributed by atoms with Gasteiger partial charge in [0.15, 0.2) is 0 Å². The zero-order chi connectivity index (χ0) is 32.1. The van der Waals surface area contributed by atoms with E-state index in [4.69, 9.17) is 9.47 Å². The Balaban J connectivity index is 1.44. The summed E-state index contributed by atoms with van der Waals surface area (Å²) in [6.07, 6.45) is 0.802. The van der Waals surface area contributed by atoms with Crippen LogP contribution in [0.4, 0.5) is 10.5 Å². The molecule has 0 fully saturated rings. The fourth-order valence-corrected chi connectivity index (χ4v) is 6.10. The van der Waals surface area contributed by atoms with Crippen LogP contribution in [0.5, 0.6) is 0 Å². The molecule has 0 saturated carbocycles. The third kappa shape index (κ3) is 7.53. The van der Waals surface area contributed by atoms with Crippen LogP contribution in [0, 0.1) is 0 Å². The van der Waals surface area contributed by atoms with Crippen molar-refractivity contribution in [2.24, 2.45) is 0 Å². The van der Waals surface area contributed by atoms with E-state index in [-0.39, 0.29) is 31.3 Å². The molecule has 9 heteroatoms. The van der Waals surface area contributed by atoms with E-state index < -0.39 is 29.7 Å². The van der Waals surface area contributed by atoms with Crippen molar-refractivity contribution in [3.8, 4) is 0 Å². The summed E-state index contributed by atoms with van der Waals surface area (Å²) in [4.78, 5) is 59.1. The van der Waals surface area contributed by atoms with Crippen molar-refractivity contribution >= 4 is 29.6 Å². The number of hydrogen-bond acceptors (Lipinski definition) is 6. The Bertz CT molecular complexity index is 1550. The lowest BCUT2D eigenvalue weighted by Gasteiger charge is -2.38. The van der Waals surface area contributed by atoms with Gasteiger partial charge in [0.05, 0.1) is 25.8 Å². The first-order valence-corrected chi connectivity index (χ1v) is 15.4. The highest BCUT2D eigenvalue weighted by atomic mass is 16.6. The van der Waals surface area contributed by atoms with E-state index >= 15 is 0 Å². The molecule has 3 aromatic rings. The molecule has 45 heavy (non-hydrogen) atoms. The Morgan fingerprint density at radius 1 is 0.844 bits per heavy atom. The van der Waals surface area contributed by atoms with E-state index in [2.05, 4.69) is 0 Å². The summed E-state index contributed by atoms with van der Waals surface area (Å²) in [5.74, 6) is -0.992. The molecular weight excluding hydrogens is 570 g/mol. The molecule has 2 atom stereocenters. The number of esters is 1. The van der Waals surface area contributed by atoms with Gasteiger partial charge in [-0.3, -0.25) is 19.3 Å². The molecule has 0 bridgehead atoms. The number of methoxy groups -OCH3 is 1. The van der Waals surface area contributed by atoms with Gasteiger partial charge in [0.1, 0.15) is 11.6 Å². The largest absolute Gasteiger partial charge is 0.469 e. The second-order valence-corrected chi connectivity index (χ2v) is 12.6. The van der Waals surface area contributed by atoms with Crippen LogP contribution < -0.4 is 4.90 Å². The Kier molecular flexibility index (Phi) is 9.56. The third-order valence-corrected chi connectivity index (χ3v) is 8.31. The van der Waals surface area contributed by atoms with Gasteiger partial charge < -0.3 is 19.3 Å². The summed E-state index contributed by atoms with van der Waals surface area (Å²) in [6, 6.07) is 23.8. The summed E-state index contributed by atoms with van der Waals surface area (Å²) in [6.45, 7) is 5.77. The maximum absolute atomic E-state index is 14.5. The second-order valence-electron chi connectivity index (χ2n) is 12.6. The minimum atomic E-state index is -0.867. The van der Waals surface area contributed by atoms with Crippen molar-refractivity contribution in [2.45, 2.75) is 70.7 Å². The van der Waals surface area contributed by atoms with Gasteiger partial charge in [-0.25, -0.2) is 4.79 Å². The highest BCUT2D eigenvalue weighted by Crippen LogP contribution is 2.34. The lowest BCUT2D eigenvalue weighted by atomic mass is 9.92. The van der Waals surface area contributed by atoms with E-state index in [1.807, 2.05) is 78.9 Å². The number of carbonyl (C=O) groups is 4. The Hall–Kier alpha value is -4.66. The molecule has 3 aromatic carbocycles. The number of anilines is 1. The van der Waals surface area contributed by atoms with Gasteiger partial charge >= 0.3 is 12.1 Å². The number of nitrogens with zero attached hydrogens (tertiary/aromatic N) is 3. The molecule has 2 aliphatic rings. The SMILES string of the molecule is COC(=O)C[C@H]1Cc2ccccc2CN1C(=O)CN(CCc1ccccc1)C(=O)[C@H]1Cc2ccccc2N1C(=O)OC(C)(C)C. The molecule has 0 unspecified atom stereocenters. The van der Waals surface area contributed by atoms with E-state index in [9.17, 15) is 19.2 Å². The summed E-state index contributed by atoms with van der Waals surface area (Å²) < 4.78 is 10.7. The fraction of sp³-hybridized carbons (Fsp3) is 0.389. The smallest absolute Gasteiger partial charge is 0.415 e. The minimum absolute atomic E-state index is 0.0545. The van der Waals surface area contributed by atoms with Crippen LogP contribution in [0.3, 0.4) is 0 Å². The zero-order valence-corrected chi connectivity index (χ0v) is 26.4. The molecule has 5 rings (SSSR count). The number of amides is 3. The maximum Gasteiger partial charge on any atom is 0.415 e. The van der Waals surface area contributed by atoms with E-state index in [1.165, 1.54) is 12.0 Å². The Morgan fingerprint density at radius 2 is 1.49 bits per heavy atom. The monoisotopic (exact) mass is 611 g/mol. The van der Waals surface area contributed by atoms with Crippen molar-refractivity contribution in [1.29, 1.82) is 0 Å². The second kappa shape index (κ2) is 13.5. The highest BCUT2D eigenvalue weighted by Gasteiger charge is 2.43. The van der Waals surface area contributed by atoms with Gasteiger partial charge in [-0.15, -0.1) is 0 Å². The van der Waals surface area contributed by atoms with Crippen molar-refractivity contribution in [2.75, 3.05) is 25.1 Å². The summed E-state index contributed by atoms with van der Waals surface area (Å²) in [5.41, 5.74) is 3.86.